The minimum atomic E-state index is -0.674. The number of likely N-dealkylation sites (tertiary alicyclic amines) is 1. The molecule has 11 heteroatoms. The van der Waals surface area contributed by atoms with Crippen LogP contribution < -0.4 is 14.8 Å². The Hall–Kier alpha value is -3.31. The highest BCUT2D eigenvalue weighted by atomic mass is 32.2. The number of nitrogens with zero attached hydrogens (tertiary/aromatic N) is 3. The Bertz CT molecular complexity index is 1150. The molecule has 4 rings (SSSR count). The van der Waals surface area contributed by atoms with Crippen LogP contribution in [0.4, 0.5) is 5.69 Å². The fourth-order valence-corrected chi connectivity index (χ4v) is 5.60. The highest BCUT2D eigenvalue weighted by molar-refractivity contribution is 7.98. The zero-order valence-electron chi connectivity index (χ0n) is 21.3. The molecule has 2 aromatic rings. The first kappa shape index (κ1) is 26.7. The number of para-hydroxylation sites is 1. The third kappa shape index (κ3) is 5.52. The number of nitro groups is 1. The first-order valence-corrected chi connectivity index (χ1v) is 13.5. The van der Waals surface area contributed by atoms with Crippen molar-refractivity contribution in [3.8, 4) is 11.5 Å². The molecule has 198 valence electrons. The van der Waals surface area contributed by atoms with Crippen LogP contribution in [0.2, 0.25) is 0 Å². The fourth-order valence-electron chi connectivity index (χ4n) is 5.12. The maximum Gasteiger partial charge on any atom is 0.274 e. The van der Waals surface area contributed by atoms with E-state index in [0.29, 0.717) is 55.0 Å². The monoisotopic (exact) mass is 528 g/mol. The van der Waals surface area contributed by atoms with Gasteiger partial charge in [0.25, 0.3) is 11.6 Å². The molecule has 1 unspecified atom stereocenters. The summed E-state index contributed by atoms with van der Waals surface area (Å²) in [5, 5.41) is 15.2. The number of ether oxygens (including phenoxy) is 2. The molecular formula is C26H32N4O6S. The Kier molecular flexibility index (Phi) is 8.23. The van der Waals surface area contributed by atoms with E-state index in [2.05, 4.69) is 5.32 Å². The number of methoxy groups -OCH3 is 2. The second kappa shape index (κ2) is 11.4. The first-order valence-electron chi connectivity index (χ1n) is 12.1. The van der Waals surface area contributed by atoms with Crippen LogP contribution in [0.3, 0.4) is 0 Å². The lowest BCUT2D eigenvalue weighted by Gasteiger charge is -2.44. The Morgan fingerprint density at radius 2 is 1.81 bits per heavy atom. The van der Waals surface area contributed by atoms with Crippen LogP contribution in [0.15, 0.2) is 42.5 Å². The number of benzene rings is 2. The zero-order valence-corrected chi connectivity index (χ0v) is 22.1. The van der Waals surface area contributed by atoms with Crippen LogP contribution in [0.5, 0.6) is 11.5 Å². The SMILES string of the molecule is COc1cc(OC)cc(C(=O)N2CCC3(CC2)NC(CCSC)C(=O)N3Cc2ccccc2[N+](=O)[O-])c1. The van der Waals surface area contributed by atoms with E-state index in [0.717, 1.165) is 5.75 Å². The molecule has 0 saturated carbocycles. The van der Waals surface area contributed by atoms with Crippen molar-refractivity contribution in [3.63, 3.8) is 0 Å². The van der Waals surface area contributed by atoms with Gasteiger partial charge in [-0.3, -0.25) is 25.0 Å². The summed E-state index contributed by atoms with van der Waals surface area (Å²) in [5.41, 5.74) is 0.288. The highest BCUT2D eigenvalue weighted by Gasteiger charge is 2.51. The van der Waals surface area contributed by atoms with Crippen molar-refractivity contribution < 1.29 is 24.0 Å². The largest absolute Gasteiger partial charge is 0.497 e. The average Bonchev–Trinajstić information content (AvgIpc) is 3.17. The molecule has 0 aliphatic carbocycles. The molecule has 2 amide bonds. The second-order valence-corrected chi connectivity index (χ2v) is 10.2. The second-order valence-electron chi connectivity index (χ2n) is 9.21. The molecule has 0 aromatic heterocycles. The normalized spacial score (nSPS) is 18.8. The van der Waals surface area contributed by atoms with Crippen molar-refractivity contribution >= 4 is 29.3 Å². The van der Waals surface area contributed by atoms with E-state index in [1.54, 1.807) is 58.0 Å². The number of carbonyl (C=O) groups excluding carboxylic acids is 2. The number of carbonyl (C=O) groups is 2. The van der Waals surface area contributed by atoms with Gasteiger partial charge in [0, 0.05) is 49.2 Å². The number of amides is 2. The van der Waals surface area contributed by atoms with Gasteiger partial charge < -0.3 is 19.3 Å². The van der Waals surface area contributed by atoms with Gasteiger partial charge in [-0.05, 0) is 30.6 Å². The standard InChI is InChI=1S/C26H32N4O6S/c1-35-20-14-19(15-21(16-20)36-2)24(31)28-11-9-26(10-12-28)27-22(8-13-37-3)25(32)29(26)17-18-6-4-5-7-23(18)30(33)34/h4-7,14-16,22,27H,8-13,17H2,1-3H3. The molecule has 2 fully saturated rings. The highest BCUT2D eigenvalue weighted by Crippen LogP contribution is 2.36. The summed E-state index contributed by atoms with van der Waals surface area (Å²) in [6, 6.07) is 11.3. The summed E-state index contributed by atoms with van der Waals surface area (Å²) < 4.78 is 10.6. The van der Waals surface area contributed by atoms with Crippen molar-refractivity contribution in [1.29, 1.82) is 0 Å². The van der Waals surface area contributed by atoms with Gasteiger partial charge in [-0.15, -0.1) is 0 Å². The molecule has 2 aromatic carbocycles. The van der Waals surface area contributed by atoms with Crippen LogP contribution in [-0.4, -0.2) is 77.6 Å². The predicted octanol–water partition coefficient (Wildman–Crippen LogP) is 3.30. The van der Waals surface area contributed by atoms with Gasteiger partial charge in [-0.25, -0.2) is 0 Å². The molecule has 1 atom stereocenters. The molecule has 2 aliphatic rings. The predicted molar refractivity (Wildman–Crippen MR) is 141 cm³/mol. The summed E-state index contributed by atoms with van der Waals surface area (Å²) in [6.45, 7) is 1.00. The fraction of sp³-hybridized carbons (Fsp3) is 0.462. The molecule has 0 radical (unpaired) electrons. The number of hydrogen-bond acceptors (Lipinski definition) is 8. The van der Waals surface area contributed by atoms with E-state index in [9.17, 15) is 19.7 Å². The summed E-state index contributed by atoms with van der Waals surface area (Å²) in [7, 11) is 3.07. The van der Waals surface area contributed by atoms with Gasteiger partial charge in [0.1, 0.15) is 11.5 Å². The van der Waals surface area contributed by atoms with Crippen molar-refractivity contribution in [2.45, 2.75) is 37.5 Å². The smallest absolute Gasteiger partial charge is 0.274 e. The van der Waals surface area contributed by atoms with E-state index < -0.39 is 10.6 Å². The van der Waals surface area contributed by atoms with Gasteiger partial charge in [-0.2, -0.15) is 11.8 Å². The molecular weight excluding hydrogens is 496 g/mol. The number of nitro benzene ring substituents is 1. The number of nitrogens with one attached hydrogen (secondary N) is 1. The molecule has 2 aliphatic heterocycles. The lowest BCUT2D eigenvalue weighted by atomic mass is 9.94. The van der Waals surface area contributed by atoms with Crippen molar-refractivity contribution in [1.82, 2.24) is 15.1 Å². The number of thioether (sulfide) groups is 1. The van der Waals surface area contributed by atoms with E-state index in [1.165, 1.54) is 20.3 Å². The summed E-state index contributed by atoms with van der Waals surface area (Å²) in [5.74, 6) is 1.70. The first-order chi connectivity index (χ1) is 17.8. The molecule has 1 N–H and O–H groups in total. The van der Waals surface area contributed by atoms with Gasteiger partial charge in [0.2, 0.25) is 5.91 Å². The molecule has 2 saturated heterocycles. The van der Waals surface area contributed by atoms with E-state index in [1.807, 2.05) is 6.26 Å². The third-order valence-corrected chi connectivity index (χ3v) is 7.77. The van der Waals surface area contributed by atoms with Crippen molar-refractivity contribution in [2.24, 2.45) is 0 Å². The molecule has 10 nitrogen and oxygen atoms in total. The van der Waals surface area contributed by atoms with Gasteiger partial charge in [0.15, 0.2) is 0 Å². The topological polar surface area (TPSA) is 114 Å². The molecule has 37 heavy (non-hydrogen) atoms. The van der Waals surface area contributed by atoms with Crippen molar-refractivity contribution in [2.75, 3.05) is 39.3 Å². The Morgan fingerprint density at radius 3 is 2.41 bits per heavy atom. The van der Waals surface area contributed by atoms with Crippen LogP contribution in [-0.2, 0) is 11.3 Å². The average molecular weight is 529 g/mol. The van der Waals surface area contributed by atoms with Gasteiger partial charge in [0.05, 0.1) is 37.4 Å². The van der Waals surface area contributed by atoms with E-state index in [4.69, 9.17) is 9.47 Å². The number of rotatable bonds is 9. The Labute approximate surface area is 220 Å². The Morgan fingerprint density at radius 1 is 1.16 bits per heavy atom. The number of piperidine rings is 1. The molecule has 1 spiro atoms. The van der Waals surface area contributed by atoms with Crippen LogP contribution in [0.25, 0.3) is 0 Å². The minimum Gasteiger partial charge on any atom is -0.497 e. The van der Waals surface area contributed by atoms with Crippen LogP contribution in [0, 0.1) is 10.1 Å². The maximum atomic E-state index is 13.5. The lowest BCUT2D eigenvalue weighted by Crippen LogP contribution is -2.59. The minimum absolute atomic E-state index is 0.00222. The maximum absolute atomic E-state index is 13.5. The number of hydrogen-bond donors (Lipinski definition) is 1. The third-order valence-electron chi connectivity index (χ3n) is 7.13. The quantitative estimate of drug-likeness (QED) is 0.390. The summed E-state index contributed by atoms with van der Waals surface area (Å²) in [6.07, 6.45) is 3.70. The van der Waals surface area contributed by atoms with Gasteiger partial charge >= 0.3 is 0 Å². The van der Waals surface area contributed by atoms with Crippen LogP contribution in [0.1, 0.15) is 35.2 Å². The molecule has 0 bridgehead atoms. The summed E-state index contributed by atoms with van der Waals surface area (Å²) >= 11 is 1.67. The molecule has 2 heterocycles. The zero-order chi connectivity index (χ0) is 26.6. The summed E-state index contributed by atoms with van der Waals surface area (Å²) in [4.78, 5) is 41.6. The van der Waals surface area contributed by atoms with E-state index in [-0.39, 0.29) is 30.1 Å². The Balaban J connectivity index is 1.56. The van der Waals surface area contributed by atoms with Crippen molar-refractivity contribution in [3.05, 3.63) is 63.7 Å². The van der Waals surface area contributed by atoms with Crippen LogP contribution >= 0.6 is 11.8 Å². The van der Waals surface area contributed by atoms with Gasteiger partial charge in [-0.1, -0.05) is 18.2 Å². The van der Waals surface area contributed by atoms with E-state index >= 15 is 0 Å². The lowest BCUT2D eigenvalue weighted by molar-refractivity contribution is -0.385.